The minimum Gasteiger partial charge on any atom is -0.457 e. The number of ether oxygens (including phenoxy) is 6. The van der Waals surface area contributed by atoms with E-state index in [0.29, 0.717) is 13.0 Å². The van der Waals surface area contributed by atoms with E-state index in [-0.39, 0.29) is 19.6 Å². The molecule has 2 heterocycles. The van der Waals surface area contributed by atoms with Gasteiger partial charge < -0.3 is 64.2 Å². The summed E-state index contributed by atoms with van der Waals surface area (Å²) in [5.41, 5.74) is 0. The Morgan fingerprint density at radius 2 is 1.03 bits per heavy atom. The van der Waals surface area contributed by atoms with Gasteiger partial charge >= 0.3 is 5.97 Å². The van der Waals surface area contributed by atoms with Crippen LogP contribution in [0.3, 0.4) is 0 Å². The monoisotopic (exact) mass is 897 g/mol. The number of hydrogen-bond donors (Lipinski definition) is 7. The van der Waals surface area contributed by atoms with Gasteiger partial charge in [-0.1, -0.05) is 139 Å². The normalized spacial score (nSPS) is 27.5. The van der Waals surface area contributed by atoms with Crippen molar-refractivity contribution >= 4 is 5.97 Å². The van der Waals surface area contributed by atoms with E-state index in [2.05, 4.69) is 74.6 Å². The van der Waals surface area contributed by atoms with Gasteiger partial charge in [-0.2, -0.15) is 0 Å². The van der Waals surface area contributed by atoms with Crippen molar-refractivity contribution in [3.8, 4) is 0 Å². The van der Waals surface area contributed by atoms with Gasteiger partial charge in [0.25, 0.3) is 0 Å². The van der Waals surface area contributed by atoms with Crippen LogP contribution >= 0.6 is 0 Å². The van der Waals surface area contributed by atoms with Crippen molar-refractivity contribution in [1.82, 2.24) is 0 Å². The van der Waals surface area contributed by atoms with Gasteiger partial charge in [0, 0.05) is 13.0 Å². The highest BCUT2D eigenvalue weighted by Crippen LogP contribution is 2.26. The maximum atomic E-state index is 12.9. The SMILES string of the molecule is CC/C=C\C/C=C\C/C=C\C/C=C\C/C=C\CCCCOCC(COC1OC(COC2OC(CO)C(O)C(O)C2O)C(O)C(O)C1O)OC(=O)CCCCCCCCCCCCC. The van der Waals surface area contributed by atoms with Gasteiger partial charge in [-0.15, -0.1) is 0 Å². The van der Waals surface area contributed by atoms with Crippen molar-refractivity contribution in [2.75, 3.05) is 33.0 Å². The standard InChI is InChI=1S/C49H84O14/c1-3-5-7-9-11-13-15-16-17-18-19-20-21-23-25-27-29-31-33-58-35-38(61-41(51)32-30-28-26-24-22-14-12-10-8-6-4-2)36-59-48-47(57)45(55)43(53)40(63-48)37-60-49-46(56)44(54)42(52)39(34-50)62-49/h5,7,11,13,16-17,19-20,23,25,38-40,42-50,52-57H,3-4,6,8-10,12,14-15,18,21-22,24,26-37H2,1-2H3/b7-5-,13-11-,17-16-,20-19-,25-23-. The van der Waals surface area contributed by atoms with Crippen LogP contribution in [0.15, 0.2) is 60.8 Å². The van der Waals surface area contributed by atoms with Crippen LogP contribution in [-0.2, 0) is 33.2 Å². The molecule has 0 bridgehead atoms. The molecule has 0 aliphatic carbocycles. The van der Waals surface area contributed by atoms with E-state index in [1.165, 1.54) is 44.9 Å². The zero-order chi connectivity index (χ0) is 45.9. The zero-order valence-corrected chi connectivity index (χ0v) is 38.3. The number of allylic oxidation sites excluding steroid dienone is 10. The first-order valence-electron chi connectivity index (χ1n) is 23.9. The van der Waals surface area contributed by atoms with Crippen molar-refractivity contribution in [3.05, 3.63) is 60.8 Å². The Bertz CT molecular complexity index is 1270. The topological polar surface area (TPSA) is 214 Å². The predicted molar refractivity (Wildman–Crippen MR) is 242 cm³/mol. The highest BCUT2D eigenvalue weighted by molar-refractivity contribution is 5.69. The van der Waals surface area contributed by atoms with E-state index < -0.39 is 86.7 Å². The lowest BCUT2D eigenvalue weighted by Gasteiger charge is -2.42. The third kappa shape index (κ3) is 25.3. The maximum absolute atomic E-state index is 12.9. The molecular formula is C49H84O14. The van der Waals surface area contributed by atoms with E-state index in [9.17, 15) is 40.5 Å². The largest absolute Gasteiger partial charge is 0.457 e. The molecule has 0 radical (unpaired) electrons. The van der Waals surface area contributed by atoms with Crippen molar-refractivity contribution < 1.29 is 69.0 Å². The Kier molecular flexibility index (Phi) is 33.2. The smallest absolute Gasteiger partial charge is 0.306 e. The zero-order valence-electron chi connectivity index (χ0n) is 38.3. The van der Waals surface area contributed by atoms with E-state index in [0.717, 1.165) is 70.6 Å². The molecule has 0 spiro atoms. The molecule has 11 atom stereocenters. The number of rotatable bonds is 36. The summed E-state index contributed by atoms with van der Waals surface area (Å²) in [6.45, 7) is 3.43. The molecule has 14 heteroatoms. The number of carbonyl (C=O) groups is 1. The number of esters is 1. The number of unbranched alkanes of at least 4 members (excludes halogenated alkanes) is 12. The first-order valence-corrected chi connectivity index (χ1v) is 23.9. The minimum atomic E-state index is -1.71. The Morgan fingerprint density at radius 3 is 1.59 bits per heavy atom. The first-order chi connectivity index (χ1) is 30.6. The molecule has 2 aliphatic rings. The predicted octanol–water partition coefficient (Wildman–Crippen LogP) is 6.18. The highest BCUT2D eigenvalue weighted by Gasteiger charge is 2.47. The van der Waals surface area contributed by atoms with Gasteiger partial charge in [-0.25, -0.2) is 0 Å². The summed E-state index contributed by atoms with van der Waals surface area (Å²) in [5.74, 6) is -0.395. The molecule has 7 N–H and O–H groups in total. The average molecular weight is 897 g/mol. The lowest BCUT2D eigenvalue weighted by Crippen LogP contribution is -2.61. The molecule has 0 aromatic heterocycles. The second-order valence-corrected chi connectivity index (χ2v) is 16.6. The third-order valence-electron chi connectivity index (χ3n) is 11.0. The van der Waals surface area contributed by atoms with Crippen molar-refractivity contribution in [2.45, 2.75) is 210 Å². The van der Waals surface area contributed by atoms with Gasteiger partial charge in [0.1, 0.15) is 54.9 Å². The summed E-state index contributed by atoms with van der Waals surface area (Å²) < 4.78 is 34.1. The van der Waals surface area contributed by atoms with Crippen LogP contribution in [0.5, 0.6) is 0 Å². The Balaban J connectivity index is 1.81. The Hall–Kier alpha value is -2.31. The quantitative estimate of drug-likeness (QED) is 0.0213. The van der Waals surface area contributed by atoms with Crippen molar-refractivity contribution in [2.24, 2.45) is 0 Å². The van der Waals surface area contributed by atoms with Gasteiger partial charge in [-0.05, 0) is 57.8 Å². The third-order valence-corrected chi connectivity index (χ3v) is 11.0. The van der Waals surface area contributed by atoms with Crippen LogP contribution in [0.25, 0.3) is 0 Å². The van der Waals surface area contributed by atoms with E-state index in [1.807, 2.05) is 0 Å². The summed E-state index contributed by atoms with van der Waals surface area (Å²) in [6.07, 6.45) is 25.8. The van der Waals surface area contributed by atoms with Crippen molar-refractivity contribution in [1.29, 1.82) is 0 Å². The first kappa shape index (κ1) is 56.8. The van der Waals surface area contributed by atoms with Crippen LogP contribution in [0.2, 0.25) is 0 Å². The van der Waals surface area contributed by atoms with Gasteiger partial charge in [-0.3, -0.25) is 4.79 Å². The van der Waals surface area contributed by atoms with Crippen LogP contribution in [0.1, 0.15) is 142 Å². The van der Waals surface area contributed by atoms with Crippen LogP contribution in [0, 0.1) is 0 Å². The summed E-state index contributed by atoms with van der Waals surface area (Å²) in [6, 6.07) is 0. The lowest BCUT2D eigenvalue weighted by atomic mass is 9.98. The van der Waals surface area contributed by atoms with Crippen molar-refractivity contribution in [3.63, 3.8) is 0 Å². The molecule has 2 saturated heterocycles. The maximum Gasteiger partial charge on any atom is 0.306 e. The molecule has 11 unspecified atom stereocenters. The number of hydrogen-bond acceptors (Lipinski definition) is 14. The number of carbonyl (C=O) groups excluding carboxylic acids is 1. The number of aliphatic hydroxyl groups excluding tert-OH is 7. The van der Waals surface area contributed by atoms with Crippen LogP contribution < -0.4 is 0 Å². The summed E-state index contributed by atoms with van der Waals surface area (Å²) >= 11 is 0. The summed E-state index contributed by atoms with van der Waals surface area (Å²) in [5, 5.41) is 71.9. The van der Waals surface area contributed by atoms with Crippen LogP contribution in [0.4, 0.5) is 0 Å². The van der Waals surface area contributed by atoms with Gasteiger partial charge in [0.15, 0.2) is 12.6 Å². The fraction of sp³-hybridized carbons (Fsp3) is 0.776. The Labute approximate surface area is 377 Å². The molecule has 2 rings (SSSR count). The van der Waals surface area contributed by atoms with E-state index >= 15 is 0 Å². The minimum absolute atomic E-state index is 0.0311. The second kappa shape index (κ2) is 36.9. The lowest BCUT2D eigenvalue weighted by molar-refractivity contribution is -0.332. The van der Waals surface area contributed by atoms with E-state index in [4.69, 9.17) is 28.4 Å². The molecule has 2 fully saturated rings. The van der Waals surface area contributed by atoms with Crippen LogP contribution in [-0.4, -0.2) is 142 Å². The summed E-state index contributed by atoms with van der Waals surface area (Å²) in [4.78, 5) is 12.9. The molecule has 2 aliphatic heterocycles. The number of aliphatic hydroxyl groups is 7. The fourth-order valence-corrected chi connectivity index (χ4v) is 7.13. The van der Waals surface area contributed by atoms with Gasteiger partial charge in [0.05, 0.1) is 26.4 Å². The Morgan fingerprint density at radius 1 is 0.540 bits per heavy atom. The molecule has 364 valence electrons. The molecule has 0 saturated carbocycles. The summed E-state index contributed by atoms with van der Waals surface area (Å²) in [7, 11) is 0. The molecule has 0 aromatic rings. The second-order valence-electron chi connectivity index (χ2n) is 16.6. The molecule has 0 aromatic carbocycles. The molecule has 63 heavy (non-hydrogen) atoms. The molecule has 0 amide bonds. The van der Waals surface area contributed by atoms with E-state index in [1.54, 1.807) is 0 Å². The highest BCUT2D eigenvalue weighted by atomic mass is 16.7. The van der Waals surface area contributed by atoms with Gasteiger partial charge in [0.2, 0.25) is 0 Å². The molecular weight excluding hydrogens is 813 g/mol. The average Bonchev–Trinajstić information content (AvgIpc) is 3.28. The fourth-order valence-electron chi connectivity index (χ4n) is 7.13. The molecule has 14 nitrogen and oxygen atoms in total.